The predicted molar refractivity (Wildman–Crippen MR) is 61.2 cm³/mol. The molecule has 0 unspecified atom stereocenters. The van der Waals surface area contributed by atoms with Crippen molar-refractivity contribution in [3.8, 4) is 6.07 Å². The summed E-state index contributed by atoms with van der Waals surface area (Å²) in [6.07, 6.45) is 4.35. The average Bonchev–Trinajstić information content (AvgIpc) is 2.31. The van der Waals surface area contributed by atoms with Gasteiger partial charge in [0.2, 0.25) is 0 Å². The first-order valence-corrected chi connectivity index (χ1v) is 6.01. The molecular weight excluding hydrogens is 230 g/mol. The van der Waals surface area contributed by atoms with Gasteiger partial charge in [-0.2, -0.15) is 5.26 Å². The van der Waals surface area contributed by atoms with Crippen LogP contribution in [0, 0.1) is 11.3 Å². The van der Waals surface area contributed by atoms with Crippen LogP contribution in [-0.4, -0.2) is 31.7 Å². The molecule has 0 aliphatic heterocycles. The van der Waals surface area contributed by atoms with Crippen molar-refractivity contribution in [2.75, 3.05) is 25.7 Å². The molecule has 92 valence electrons. The quantitative estimate of drug-likeness (QED) is 0.338. The van der Waals surface area contributed by atoms with Crippen molar-refractivity contribution in [3.05, 3.63) is 0 Å². The zero-order valence-corrected chi connectivity index (χ0v) is 10.2. The molecule has 0 fully saturated rings. The Morgan fingerprint density at radius 1 is 1.12 bits per heavy atom. The first-order chi connectivity index (χ1) is 7.81. The van der Waals surface area contributed by atoms with Crippen molar-refractivity contribution in [1.29, 1.82) is 5.26 Å². The fourth-order valence-electron chi connectivity index (χ4n) is 1.10. The van der Waals surface area contributed by atoms with Crippen LogP contribution in [0.5, 0.6) is 0 Å². The molecule has 4 nitrogen and oxygen atoms in total. The van der Waals surface area contributed by atoms with Crippen LogP contribution in [0.2, 0.25) is 0 Å². The molecule has 0 aromatic carbocycles. The Balaban J connectivity index is 2.99. The molecule has 0 atom stereocenters. The van der Waals surface area contributed by atoms with Crippen LogP contribution >= 0.6 is 11.6 Å². The fraction of sp³-hybridized carbons (Fsp3) is 0.818. The van der Waals surface area contributed by atoms with Gasteiger partial charge in [0.05, 0.1) is 25.7 Å². The number of hydrogen-bond donors (Lipinski definition) is 0. The molecule has 0 aliphatic rings. The van der Waals surface area contributed by atoms with Crippen molar-refractivity contribution in [3.63, 3.8) is 0 Å². The number of carbonyl (C=O) groups excluding carboxylic acids is 1. The number of rotatable bonds is 10. The maximum absolute atomic E-state index is 10.6. The molecule has 0 heterocycles. The maximum Gasteiger partial charge on any atom is 0.320 e. The topological polar surface area (TPSA) is 59.3 Å². The number of hydrogen-bond acceptors (Lipinski definition) is 4. The van der Waals surface area contributed by atoms with Crippen LogP contribution in [0.15, 0.2) is 0 Å². The van der Waals surface area contributed by atoms with Gasteiger partial charge in [-0.05, 0) is 19.3 Å². The number of unbranched alkanes of at least 4 members (excludes halogenated alkanes) is 3. The predicted octanol–water partition coefficient (Wildman–Crippen LogP) is 2.26. The third-order valence-corrected chi connectivity index (χ3v) is 2.13. The summed E-state index contributed by atoms with van der Waals surface area (Å²) in [7, 11) is 0. The van der Waals surface area contributed by atoms with Crippen LogP contribution in [0.3, 0.4) is 0 Å². The highest BCUT2D eigenvalue weighted by atomic mass is 35.5. The second kappa shape index (κ2) is 12.3. The maximum atomic E-state index is 10.6. The van der Waals surface area contributed by atoms with Gasteiger partial charge >= 0.3 is 5.97 Å². The van der Waals surface area contributed by atoms with Gasteiger partial charge in [0.25, 0.3) is 0 Å². The van der Waals surface area contributed by atoms with Gasteiger partial charge < -0.3 is 9.47 Å². The monoisotopic (exact) mass is 247 g/mol. The third kappa shape index (κ3) is 11.3. The molecule has 0 rings (SSSR count). The minimum atomic E-state index is -0.360. The van der Waals surface area contributed by atoms with E-state index in [-0.39, 0.29) is 11.8 Å². The summed E-state index contributed by atoms with van der Waals surface area (Å²) < 4.78 is 10.0. The number of carbonyl (C=O) groups is 1. The summed E-state index contributed by atoms with van der Waals surface area (Å²) in [5, 5.41) is 8.25. The van der Waals surface area contributed by atoms with E-state index < -0.39 is 0 Å². The van der Waals surface area contributed by atoms with E-state index in [0.717, 1.165) is 25.7 Å². The van der Waals surface area contributed by atoms with E-state index in [4.69, 9.17) is 26.3 Å². The second-order valence-electron chi connectivity index (χ2n) is 3.29. The zero-order chi connectivity index (χ0) is 12.1. The lowest BCUT2D eigenvalue weighted by molar-refractivity contribution is -0.140. The lowest BCUT2D eigenvalue weighted by Crippen LogP contribution is -2.06. The highest BCUT2D eigenvalue weighted by Crippen LogP contribution is 2.01. The molecule has 0 aliphatic carbocycles. The largest absolute Gasteiger partial charge is 0.465 e. The second-order valence-corrected chi connectivity index (χ2v) is 3.56. The van der Waals surface area contributed by atoms with Crippen molar-refractivity contribution in [2.45, 2.75) is 32.1 Å². The molecule has 0 radical (unpaired) electrons. The van der Waals surface area contributed by atoms with Crippen LogP contribution in [-0.2, 0) is 14.3 Å². The van der Waals surface area contributed by atoms with Gasteiger partial charge in [-0.1, -0.05) is 6.42 Å². The summed E-state index contributed by atoms with van der Waals surface area (Å²) in [5.74, 6) is -0.436. The first kappa shape index (κ1) is 15.2. The molecule has 0 spiro atoms. The first-order valence-electron chi connectivity index (χ1n) is 5.47. The Hall–Kier alpha value is -0.790. The smallest absolute Gasteiger partial charge is 0.320 e. The van der Waals surface area contributed by atoms with Gasteiger partial charge in [0, 0.05) is 6.61 Å². The summed E-state index contributed by atoms with van der Waals surface area (Å²) in [4.78, 5) is 10.6. The molecule has 0 bridgehead atoms. The van der Waals surface area contributed by atoms with Crippen LogP contribution < -0.4 is 0 Å². The highest BCUT2D eigenvalue weighted by molar-refractivity contribution is 6.26. The van der Waals surface area contributed by atoms with E-state index >= 15 is 0 Å². The molecule has 0 aromatic rings. The third-order valence-electron chi connectivity index (χ3n) is 1.91. The Labute approximate surface area is 101 Å². The summed E-state index contributed by atoms with van der Waals surface area (Å²) in [5.41, 5.74) is 0. The number of nitriles is 1. The van der Waals surface area contributed by atoms with Crippen molar-refractivity contribution >= 4 is 17.6 Å². The Morgan fingerprint density at radius 3 is 2.44 bits per heavy atom. The average molecular weight is 248 g/mol. The van der Waals surface area contributed by atoms with E-state index in [2.05, 4.69) is 0 Å². The molecule has 0 amide bonds. The number of esters is 1. The van der Waals surface area contributed by atoms with Crippen molar-refractivity contribution in [1.82, 2.24) is 0 Å². The number of halogens is 1. The van der Waals surface area contributed by atoms with Crippen LogP contribution in [0.1, 0.15) is 32.1 Å². The SMILES string of the molecule is N#CCCOCCCCCCOC(=O)CCl. The molecule has 5 heteroatoms. The van der Waals surface area contributed by atoms with Crippen molar-refractivity contribution in [2.24, 2.45) is 0 Å². The van der Waals surface area contributed by atoms with Crippen LogP contribution in [0.25, 0.3) is 0 Å². The van der Waals surface area contributed by atoms with Crippen molar-refractivity contribution < 1.29 is 14.3 Å². The minimum Gasteiger partial charge on any atom is -0.465 e. The van der Waals surface area contributed by atoms with E-state index in [9.17, 15) is 4.79 Å². The van der Waals surface area contributed by atoms with E-state index in [1.165, 1.54) is 0 Å². The molecule has 0 saturated heterocycles. The Bertz CT molecular complexity index is 216. The number of ether oxygens (including phenoxy) is 2. The van der Waals surface area contributed by atoms with E-state index in [1.54, 1.807) is 0 Å². The van der Waals surface area contributed by atoms with Gasteiger partial charge in [-0.15, -0.1) is 11.6 Å². The summed E-state index contributed by atoms with van der Waals surface area (Å²) in [6, 6.07) is 2.02. The Kier molecular flexibility index (Phi) is 11.7. The normalized spacial score (nSPS) is 9.75. The summed E-state index contributed by atoms with van der Waals surface area (Å²) >= 11 is 5.26. The fourth-order valence-corrected chi connectivity index (χ4v) is 1.18. The van der Waals surface area contributed by atoms with Crippen LogP contribution in [0.4, 0.5) is 0 Å². The summed E-state index contributed by atoms with van der Waals surface area (Å²) in [6.45, 7) is 1.66. The van der Waals surface area contributed by atoms with Gasteiger partial charge in [0.1, 0.15) is 5.88 Å². The minimum absolute atomic E-state index is 0.0767. The molecule has 16 heavy (non-hydrogen) atoms. The van der Waals surface area contributed by atoms with Gasteiger partial charge in [0.15, 0.2) is 0 Å². The Morgan fingerprint density at radius 2 is 1.81 bits per heavy atom. The zero-order valence-electron chi connectivity index (χ0n) is 9.41. The highest BCUT2D eigenvalue weighted by Gasteiger charge is 1.98. The van der Waals surface area contributed by atoms with E-state index in [1.807, 2.05) is 6.07 Å². The van der Waals surface area contributed by atoms with Gasteiger partial charge in [-0.3, -0.25) is 4.79 Å². The molecule has 0 N–H and O–H groups in total. The number of alkyl halides is 1. The molecule has 0 aromatic heterocycles. The molecule has 0 saturated carbocycles. The number of nitrogens with zero attached hydrogens (tertiary/aromatic N) is 1. The molecular formula is C11H18ClNO3. The standard InChI is InChI=1S/C11H18ClNO3/c12-10-11(14)16-9-4-2-1-3-7-15-8-5-6-13/h1-5,7-10H2. The van der Waals surface area contributed by atoms with Gasteiger partial charge in [-0.25, -0.2) is 0 Å². The lowest BCUT2D eigenvalue weighted by Gasteiger charge is -2.03. The lowest BCUT2D eigenvalue weighted by atomic mass is 10.2. The van der Waals surface area contributed by atoms with E-state index in [0.29, 0.717) is 26.2 Å².